The van der Waals surface area contributed by atoms with Crippen molar-refractivity contribution in [2.24, 2.45) is 34.5 Å². The molecule has 6 aliphatic rings. The fourth-order valence-electron chi connectivity index (χ4n) is 12.3. The molecule has 0 radical (unpaired) electrons. The number of hydrogen-bond donors (Lipinski definition) is 0. The fourth-order valence-corrected chi connectivity index (χ4v) is 12.3. The smallest absolute Gasteiger partial charge is 0.303 e. The van der Waals surface area contributed by atoms with Gasteiger partial charge in [0.25, 0.3) is 0 Å². The zero-order valence-electron chi connectivity index (χ0n) is 27.2. The lowest BCUT2D eigenvalue weighted by Gasteiger charge is -2.63. The highest BCUT2D eigenvalue weighted by Gasteiger charge is 2.68. The van der Waals surface area contributed by atoms with Crippen LogP contribution in [0.15, 0.2) is 0 Å². The Kier molecular flexibility index (Phi) is 7.87. The van der Waals surface area contributed by atoms with Crippen molar-refractivity contribution in [3.8, 4) is 0 Å². The van der Waals surface area contributed by atoms with Crippen molar-refractivity contribution in [2.75, 3.05) is 40.3 Å². The quantitative estimate of drug-likeness (QED) is 0.301. The van der Waals surface area contributed by atoms with Crippen molar-refractivity contribution in [3.05, 3.63) is 0 Å². The van der Waals surface area contributed by atoms with Crippen LogP contribution in [0.2, 0.25) is 0 Å². The number of nitrogens with zero attached hydrogens (tertiary/aromatic N) is 2. The Labute approximate surface area is 250 Å². The molecule has 2 aliphatic heterocycles. The summed E-state index contributed by atoms with van der Waals surface area (Å²) in [5, 5.41) is 0. The summed E-state index contributed by atoms with van der Waals surface area (Å²) in [5.74, 6) is 2.52. The van der Waals surface area contributed by atoms with Crippen molar-refractivity contribution in [1.82, 2.24) is 0 Å². The molecular formula is C35H60N2O4+2. The van der Waals surface area contributed by atoms with Crippen molar-refractivity contribution < 1.29 is 28.0 Å². The molecule has 4 saturated carbocycles. The first-order chi connectivity index (χ1) is 19.4. The van der Waals surface area contributed by atoms with Gasteiger partial charge < -0.3 is 18.4 Å². The lowest BCUT2D eigenvalue weighted by molar-refractivity contribution is -0.943. The summed E-state index contributed by atoms with van der Waals surface area (Å²) in [6.07, 6.45) is 16.4. The molecule has 6 rings (SSSR count). The van der Waals surface area contributed by atoms with Gasteiger partial charge in [0.05, 0.1) is 40.3 Å². The van der Waals surface area contributed by atoms with E-state index < -0.39 is 0 Å². The van der Waals surface area contributed by atoms with Gasteiger partial charge in [0.2, 0.25) is 0 Å². The van der Waals surface area contributed by atoms with Gasteiger partial charge in [-0.1, -0.05) is 13.8 Å². The van der Waals surface area contributed by atoms with Crippen LogP contribution in [0, 0.1) is 34.5 Å². The number of hydrogen-bond acceptors (Lipinski definition) is 4. The molecule has 0 bridgehead atoms. The summed E-state index contributed by atoms with van der Waals surface area (Å²) in [7, 11) is 4.94. The SMILES string of the molecule is CC(=O)O[C@@H]1C[C@@H]2CC[C@@H]3[C@H](CC[C@@]4(C)[C@H]3C[C@H]([N+]3(C)CCCCC3)[C@@H]4OC(C)=O)[C@@]2(C)C[C@@H]1[N+]1(C)CCCCC1. The van der Waals surface area contributed by atoms with Gasteiger partial charge in [-0.3, -0.25) is 9.59 Å². The first-order valence-electron chi connectivity index (χ1n) is 17.4. The average molecular weight is 573 g/mol. The van der Waals surface area contributed by atoms with E-state index in [1.165, 1.54) is 103 Å². The van der Waals surface area contributed by atoms with Crippen LogP contribution < -0.4 is 0 Å². The third kappa shape index (κ3) is 4.99. The zero-order valence-corrected chi connectivity index (χ0v) is 27.2. The highest BCUT2D eigenvalue weighted by molar-refractivity contribution is 5.66. The molecule has 0 N–H and O–H groups in total. The number of quaternary nitrogens is 2. The number of fused-ring (bicyclic) bond motifs is 5. The number of likely N-dealkylation sites (N-methyl/N-ethyl adjacent to an activating group) is 2. The number of rotatable bonds is 4. The van der Waals surface area contributed by atoms with Gasteiger partial charge >= 0.3 is 11.9 Å². The summed E-state index contributed by atoms with van der Waals surface area (Å²) >= 11 is 0. The maximum absolute atomic E-state index is 12.5. The van der Waals surface area contributed by atoms with Gasteiger partial charge in [0.15, 0.2) is 12.2 Å². The summed E-state index contributed by atoms with van der Waals surface area (Å²) in [6.45, 7) is 13.3. The summed E-state index contributed by atoms with van der Waals surface area (Å²) < 4.78 is 14.7. The van der Waals surface area contributed by atoms with Crippen LogP contribution >= 0.6 is 0 Å². The molecule has 41 heavy (non-hydrogen) atoms. The van der Waals surface area contributed by atoms with Crippen molar-refractivity contribution in [2.45, 2.75) is 135 Å². The Morgan fingerprint density at radius 3 is 1.85 bits per heavy atom. The predicted molar refractivity (Wildman–Crippen MR) is 161 cm³/mol. The molecule has 0 spiro atoms. The van der Waals surface area contributed by atoms with E-state index in [1.807, 2.05) is 0 Å². The molecule has 0 aromatic rings. The van der Waals surface area contributed by atoms with E-state index in [9.17, 15) is 9.59 Å². The Morgan fingerprint density at radius 2 is 1.27 bits per heavy atom. The van der Waals surface area contributed by atoms with Crippen molar-refractivity contribution in [1.29, 1.82) is 0 Å². The third-order valence-electron chi connectivity index (χ3n) is 14.5. The summed E-state index contributed by atoms with van der Waals surface area (Å²) in [6, 6.07) is 0.846. The van der Waals surface area contributed by atoms with E-state index in [0.29, 0.717) is 35.3 Å². The molecule has 2 heterocycles. The largest absolute Gasteiger partial charge is 0.456 e. The second kappa shape index (κ2) is 10.8. The highest BCUT2D eigenvalue weighted by Crippen LogP contribution is 2.68. The fraction of sp³-hybridized carbons (Fsp3) is 0.943. The van der Waals surface area contributed by atoms with Crippen LogP contribution in [0.5, 0.6) is 0 Å². The Bertz CT molecular complexity index is 1000. The molecule has 4 aliphatic carbocycles. The molecule has 2 saturated heterocycles. The maximum atomic E-state index is 12.5. The van der Waals surface area contributed by atoms with Crippen LogP contribution in [0.1, 0.15) is 111 Å². The second-order valence-electron chi connectivity index (χ2n) is 16.7. The maximum Gasteiger partial charge on any atom is 0.303 e. The molecule has 232 valence electrons. The average Bonchev–Trinajstić information content (AvgIpc) is 3.21. The van der Waals surface area contributed by atoms with Crippen molar-refractivity contribution in [3.63, 3.8) is 0 Å². The van der Waals surface area contributed by atoms with E-state index in [2.05, 4.69) is 27.9 Å². The Morgan fingerprint density at radius 1 is 0.683 bits per heavy atom. The van der Waals surface area contributed by atoms with Gasteiger partial charge in [-0.25, -0.2) is 0 Å². The lowest BCUT2D eigenvalue weighted by atomic mass is 9.44. The van der Waals surface area contributed by atoms with Crippen LogP contribution in [-0.4, -0.2) is 85.5 Å². The lowest BCUT2D eigenvalue weighted by Crippen LogP contribution is -2.66. The van der Waals surface area contributed by atoms with Crippen LogP contribution in [0.3, 0.4) is 0 Å². The number of carbonyl (C=O) groups is 2. The van der Waals surface area contributed by atoms with Gasteiger partial charge in [-0.2, -0.15) is 0 Å². The van der Waals surface area contributed by atoms with Crippen LogP contribution in [0.4, 0.5) is 0 Å². The minimum atomic E-state index is -0.0998. The highest BCUT2D eigenvalue weighted by atomic mass is 16.5. The molecule has 0 amide bonds. The predicted octanol–water partition coefficient (Wildman–Crippen LogP) is 6.11. The van der Waals surface area contributed by atoms with E-state index in [4.69, 9.17) is 9.47 Å². The molecule has 0 aromatic heterocycles. The normalized spacial score (nSPS) is 46.9. The molecular weight excluding hydrogens is 512 g/mol. The molecule has 0 unspecified atom stereocenters. The first kappa shape index (κ1) is 29.9. The monoisotopic (exact) mass is 572 g/mol. The number of carbonyl (C=O) groups excluding carboxylic acids is 2. The molecule has 6 nitrogen and oxygen atoms in total. The molecule has 0 aromatic carbocycles. The van der Waals surface area contributed by atoms with E-state index in [0.717, 1.165) is 21.3 Å². The van der Waals surface area contributed by atoms with Gasteiger partial charge in [0.1, 0.15) is 12.1 Å². The number of ether oxygens (including phenoxy) is 2. The Hall–Kier alpha value is -1.14. The summed E-state index contributed by atoms with van der Waals surface area (Å²) in [5.41, 5.74) is 0.377. The molecule has 6 heteroatoms. The van der Waals surface area contributed by atoms with E-state index >= 15 is 0 Å². The number of piperidine rings is 2. The standard InChI is InChI=1S/C35H60N2O4/c1-24(38)40-32-21-26-13-14-27-28(35(26,4)23-31(32)37(6)19-11-8-12-20-37)15-16-34(3)29(27)22-30(33(34)41-25(2)39)36(5)17-9-7-10-18-36/h26-33H,7-23H2,1-6H3/q+2/t26-,27+,28-,29-,30-,31-,32+,33-,34-,35-/m0/s1. The number of esters is 2. The summed E-state index contributed by atoms with van der Waals surface area (Å²) in [4.78, 5) is 24.8. The van der Waals surface area contributed by atoms with Crippen LogP contribution in [-0.2, 0) is 19.1 Å². The van der Waals surface area contributed by atoms with Gasteiger partial charge in [-0.05, 0) is 99.7 Å². The first-order valence-corrected chi connectivity index (χ1v) is 17.4. The topological polar surface area (TPSA) is 52.6 Å². The van der Waals surface area contributed by atoms with Gasteiger partial charge in [0, 0.05) is 32.1 Å². The van der Waals surface area contributed by atoms with Crippen LogP contribution in [0.25, 0.3) is 0 Å². The van der Waals surface area contributed by atoms with Gasteiger partial charge in [-0.15, -0.1) is 0 Å². The van der Waals surface area contributed by atoms with E-state index in [1.54, 1.807) is 13.8 Å². The second-order valence-corrected chi connectivity index (χ2v) is 16.7. The molecule has 6 fully saturated rings. The van der Waals surface area contributed by atoms with E-state index in [-0.39, 0.29) is 29.6 Å². The Balaban J connectivity index is 1.31. The minimum Gasteiger partial charge on any atom is -0.456 e. The molecule has 10 atom stereocenters. The minimum absolute atomic E-state index is 0.0462. The number of likely N-dealkylation sites (tertiary alicyclic amines) is 2. The van der Waals surface area contributed by atoms with Crippen molar-refractivity contribution >= 4 is 11.9 Å². The third-order valence-corrected chi connectivity index (χ3v) is 14.5. The zero-order chi connectivity index (χ0) is 29.2.